The fourth-order valence-electron chi connectivity index (χ4n) is 3.21. The summed E-state index contributed by atoms with van der Waals surface area (Å²) >= 11 is 0. The van der Waals surface area contributed by atoms with Crippen molar-refractivity contribution in [2.75, 3.05) is 13.2 Å². The molecule has 1 heterocycles. The van der Waals surface area contributed by atoms with Crippen LogP contribution in [0.15, 0.2) is 48.5 Å². The molecular weight excluding hydrogens is 360 g/mol. The summed E-state index contributed by atoms with van der Waals surface area (Å²) in [4.78, 5) is 0. The summed E-state index contributed by atoms with van der Waals surface area (Å²) in [6, 6.07) is 17.5. The van der Waals surface area contributed by atoms with Crippen LogP contribution in [0.5, 0.6) is 0 Å². The summed E-state index contributed by atoms with van der Waals surface area (Å²) in [5, 5.41) is 8.45. The van der Waals surface area contributed by atoms with Crippen LogP contribution < -0.4 is 4.72 Å². The highest BCUT2D eigenvalue weighted by Crippen LogP contribution is 2.29. The first kappa shape index (κ1) is 19.6. The fraction of sp³-hybridized carbons (Fsp3) is 0.381. The van der Waals surface area contributed by atoms with Gasteiger partial charge in [0.2, 0.25) is 10.0 Å². The largest absolute Gasteiger partial charge is 0.381 e. The van der Waals surface area contributed by atoms with Crippen LogP contribution in [-0.2, 0) is 14.8 Å². The number of ether oxygens (including phenoxy) is 1. The lowest BCUT2D eigenvalue weighted by Crippen LogP contribution is -2.46. The smallest absolute Gasteiger partial charge is 0.214 e. The maximum absolute atomic E-state index is 12.3. The molecule has 2 aromatic rings. The standard InChI is InChI=1S/C21H24N2O3S/c1-15(2)27(24,25)23-21-11-12-26-14-20(21)19-9-7-18(8-10-19)17-5-3-16(13-22)4-6-17/h3-10,15,20-21,23H,11-12,14H2,1-2H3/t20-,21?/m0/s1. The summed E-state index contributed by atoms with van der Waals surface area (Å²) in [5.74, 6) is -0.0118. The molecule has 1 saturated heterocycles. The van der Waals surface area contributed by atoms with Crippen molar-refractivity contribution in [3.05, 3.63) is 59.7 Å². The molecule has 1 aliphatic rings. The number of benzene rings is 2. The Kier molecular flexibility index (Phi) is 5.95. The van der Waals surface area contributed by atoms with Gasteiger partial charge >= 0.3 is 0 Å². The van der Waals surface area contributed by atoms with E-state index in [1.807, 2.05) is 36.4 Å². The minimum atomic E-state index is -3.33. The predicted octanol–water partition coefficient (Wildman–Crippen LogP) is 3.43. The van der Waals surface area contributed by atoms with Crippen molar-refractivity contribution in [3.8, 4) is 17.2 Å². The Hall–Kier alpha value is -2.20. The van der Waals surface area contributed by atoms with Gasteiger partial charge in [0.1, 0.15) is 0 Å². The molecule has 0 aromatic heterocycles. The van der Waals surface area contributed by atoms with Gasteiger partial charge in [-0.3, -0.25) is 0 Å². The van der Waals surface area contributed by atoms with E-state index in [1.54, 1.807) is 26.0 Å². The van der Waals surface area contributed by atoms with E-state index in [9.17, 15) is 8.42 Å². The number of nitrogens with zero attached hydrogens (tertiary/aromatic N) is 1. The van der Waals surface area contributed by atoms with Gasteiger partial charge in [-0.1, -0.05) is 36.4 Å². The highest BCUT2D eigenvalue weighted by molar-refractivity contribution is 7.90. The lowest BCUT2D eigenvalue weighted by molar-refractivity contribution is 0.0653. The van der Waals surface area contributed by atoms with E-state index in [1.165, 1.54) is 0 Å². The molecule has 1 fully saturated rings. The number of rotatable bonds is 5. The molecule has 0 saturated carbocycles. The predicted molar refractivity (Wildman–Crippen MR) is 106 cm³/mol. The second-order valence-corrected chi connectivity index (χ2v) is 9.37. The topological polar surface area (TPSA) is 79.2 Å². The van der Waals surface area contributed by atoms with Crippen molar-refractivity contribution in [1.29, 1.82) is 5.26 Å². The molecule has 0 amide bonds. The molecule has 0 aliphatic carbocycles. The molecule has 5 nitrogen and oxygen atoms in total. The number of nitriles is 1. The second-order valence-electron chi connectivity index (χ2n) is 7.10. The molecule has 3 rings (SSSR count). The van der Waals surface area contributed by atoms with E-state index in [0.29, 0.717) is 25.2 Å². The summed E-state index contributed by atoms with van der Waals surface area (Å²) in [6.45, 7) is 4.43. The number of nitrogens with one attached hydrogen (secondary N) is 1. The lowest BCUT2D eigenvalue weighted by Gasteiger charge is -2.33. The normalized spacial score (nSPS) is 20.4. The SMILES string of the molecule is CC(C)S(=O)(=O)NC1CCOC[C@H]1c1ccc(-c2ccc(C#N)cc2)cc1. The molecule has 1 unspecified atom stereocenters. The first-order valence-corrected chi connectivity index (χ1v) is 10.6. The highest BCUT2D eigenvalue weighted by atomic mass is 32.2. The third kappa shape index (κ3) is 4.56. The quantitative estimate of drug-likeness (QED) is 0.857. The van der Waals surface area contributed by atoms with Crippen molar-refractivity contribution in [3.63, 3.8) is 0 Å². The van der Waals surface area contributed by atoms with Gasteiger partial charge in [-0.25, -0.2) is 13.1 Å². The third-order valence-corrected chi connectivity index (χ3v) is 6.85. The Labute approximate surface area is 161 Å². The van der Waals surface area contributed by atoms with E-state index in [4.69, 9.17) is 10.00 Å². The molecule has 27 heavy (non-hydrogen) atoms. The van der Waals surface area contributed by atoms with Crippen LogP contribution in [0.4, 0.5) is 0 Å². The van der Waals surface area contributed by atoms with E-state index < -0.39 is 15.3 Å². The van der Waals surface area contributed by atoms with Crippen molar-refractivity contribution >= 4 is 10.0 Å². The molecular formula is C21H24N2O3S. The molecule has 0 radical (unpaired) electrons. The van der Waals surface area contributed by atoms with E-state index >= 15 is 0 Å². The van der Waals surface area contributed by atoms with Gasteiger partial charge in [-0.05, 0) is 49.1 Å². The highest BCUT2D eigenvalue weighted by Gasteiger charge is 2.31. The molecule has 2 atom stereocenters. The zero-order chi connectivity index (χ0) is 19.4. The number of hydrogen-bond donors (Lipinski definition) is 1. The monoisotopic (exact) mass is 384 g/mol. The molecule has 1 N–H and O–H groups in total. The van der Waals surface area contributed by atoms with Gasteiger partial charge in [0, 0.05) is 18.6 Å². The van der Waals surface area contributed by atoms with Crippen LogP contribution in [0.1, 0.15) is 37.3 Å². The molecule has 6 heteroatoms. The van der Waals surface area contributed by atoms with Gasteiger partial charge in [0.25, 0.3) is 0 Å². The Morgan fingerprint density at radius 3 is 2.22 bits per heavy atom. The van der Waals surface area contributed by atoms with Crippen molar-refractivity contribution in [1.82, 2.24) is 4.72 Å². The summed E-state index contributed by atoms with van der Waals surface area (Å²) in [5.41, 5.74) is 3.79. The maximum Gasteiger partial charge on any atom is 0.214 e. The lowest BCUT2D eigenvalue weighted by atomic mass is 9.88. The van der Waals surface area contributed by atoms with Crippen molar-refractivity contribution in [2.45, 2.75) is 37.5 Å². The minimum Gasteiger partial charge on any atom is -0.381 e. The average Bonchev–Trinajstić information content (AvgIpc) is 2.68. The van der Waals surface area contributed by atoms with Crippen LogP contribution in [0, 0.1) is 11.3 Å². The zero-order valence-electron chi connectivity index (χ0n) is 15.6. The molecule has 142 valence electrons. The Balaban J connectivity index is 1.80. The first-order valence-electron chi connectivity index (χ1n) is 9.10. The van der Waals surface area contributed by atoms with Crippen LogP contribution in [-0.4, -0.2) is 32.9 Å². The number of sulfonamides is 1. The van der Waals surface area contributed by atoms with Gasteiger partial charge in [-0.15, -0.1) is 0 Å². The van der Waals surface area contributed by atoms with Crippen LogP contribution >= 0.6 is 0 Å². The van der Waals surface area contributed by atoms with E-state index in [0.717, 1.165) is 16.7 Å². The van der Waals surface area contributed by atoms with Crippen molar-refractivity contribution in [2.24, 2.45) is 0 Å². The molecule has 0 spiro atoms. The minimum absolute atomic E-state index is 0.0118. The van der Waals surface area contributed by atoms with E-state index in [-0.39, 0.29) is 12.0 Å². The summed E-state index contributed by atoms with van der Waals surface area (Å²) < 4.78 is 33.1. The van der Waals surface area contributed by atoms with Gasteiger partial charge in [0.15, 0.2) is 0 Å². The van der Waals surface area contributed by atoms with Crippen molar-refractivity contribution < 1.29 is 13.2 Å². The van der Waals surface area contributed by atoms with Crippen LogP contribution in [0.3, 0.4) is 0 Å². The first-order chi connectivity index (χ1) is 12.9. The van der Waals surface area contributed by atoms with E-state index in [2.05, 4.69) is 10.8 Å². The van der Waals surface area contributed by atoms with Crippen LogP contribution in [0.25, 0.3) is 11.1 Å². The summed E-state index contributed by atoms with van der Waals surface area (Å²) in [7, 11) is -3.33. The summed E-state index contributed by atoms with van der Waals surface area (Å²) in [6.07, 6.45) is 0.661. The Morgan fingerprint density at radius 2 is 1.67 bits per heavy atom. The van der Waals surface area contributed by atoms with Crippen LogP contribution in [0.2, 0.25) is 0 Å². The Morgan fingerprint density at radius 1 is 1.07 bits per heavy atom. The molecule has 0 bridgehead atoms. The average molecular weight is 385 g/mol. The third-order valence-electron chi connectivity index (χ3n) is 4.98. The Bertz CT molecular complexity index is 913. The molecule has 1 aliphatic heterocycles. The second kappa shape index (κ2) is 8.22. The van der Waals surface area contributed by atoms with Gasteiger partial charge in [-0.2, -0.15) is 5.26 Å². The zero-order valence-corrected chi connectivity index (χ0v) is 16.4. The maximum atomic E-state index is 12.3. The fourth-order valence-corrected chi connectivity index (χ4v) is 4.19. The molecule has 2 aromatic carbocycles. The van der Waals surface area contributed by atoms with Gasteiger partial charge in [0.05, 0.1) is 23.5 Å². The number of hydrogen-bond acceptors (Lipinski definition) is 4. The van der Waals surface area contributed by atoms with Gasteiger partial charge < -0.3 is 4.74 Å².